The van der Waals surface area contributed by atoms with Crippen LogP contribution in [-0.2, 0) is 24.3 Å². The summed E-state index contributed by atoms with van der Waals surface area (Å²) in [4.78, 5) is 24.3. The van der Waals surface area contributed by atoms with Crippen molar-refractivity contribution in [3.8, 4) is 0 Å². The number of amides is 1. The molecule has 2 N–H and O–H groups in total. The Bertz CT molecular complexity index is 938. The van der Waals surface area contributed by atoms with Crippen molar-refractivity contribution >= 4 is 28.0 Å². The van der Waals surface area contributed by atoms with Crippen LogP contribution >= 0.6 is 0 Å². The molecule has 4 aliphatic carbocycles. The first-order valence-electron chi connectivity index (χ1n) is 11.4. The lowest BCUT2D eigenvalue weighted by Gasteiger charge is -2.59. The Hall–Kier alpha value is -2.19. The average Bonchev–Trinajstić information content (AvgIpc) is 2.75. The molecule has 32 heavy (non-hydrogen) atoms. The van der Waals surface area contributed by atoms with Crippen molar-refractivity contribution in [2.75, 3.05) is 13.2 Å². The van der Waals surface area contributed by atoms with Gasteiger partial charge in [0.05, 0.1) is 0 Å². The number of carbonyl (C=O) groups excluding carboxylic acids is 2. The molecule has 4 aliphatic rings. The van der Waals surface area contributed by atoms with Gasteiger partial charge in [-0.1, -0.05) is 30.3 Å². The first kappa shape index (κ1) is 23.0. The van der Waals surface area contributed by atoms with E-state index in [9.17, 15) is 18.0 Å². The van der Waals surface area contributed by atoms with Gasteiger partial charge < -0.3 is 10.1 Å². The number of rotatable bonds is 9. The third kappa shape index (κ3) is 5.59. The summed E-state index contributed by atoms with van der Waals surface area (Å²) >= 11 is 0. The molecule has 4 fully saturated rings. The largest absolute Gasteiger partial charge is 0.455 e. The minimum atomic E-state index is -3.79. The molecule has 0 aromatic heterocycles. The third-order valence-corrected chi connectivity index (χ3v) is 8.44. The van der Waals surface area contributed by atoms with Crippen LogP contribution in [0.25, 0.3) is 6.08 Å². The van der Waals surface area contributed by atoms with Crippen LogP contribution in [0.1, 0.15) is 51.0 Å². The van der Waals surface area contributed by atoms with Crippen LogP contribution in [0.15, 0.2) is 35.7 Å². The van der Waals surface area contributed by atoms with Gasteiger partial charge in [-0.2, -0.15) is 0 Å². The average molecular weight is 461 g/mol. The fourth-order valence-corrected chi connectivity index (χ4v) is 7.03. The Morgan fingerprint density at radius 2 is 1.69 bits per heavy atom. The van der Waals surface area contributed by atoms with Crippen molar-refractivity contribution in [2.45, 2.75) is 51.5 Å². The number of carbonyl (C=O) groups is 2. The summed E-state index contributed by atoms with van der Waals surface area (Å²) in [6.07, 6.45) is 9.00. The molecule has 1 atom stereocenters. The number of nitrogens with one attached hydrogen (secondary N) is 2. The molecule has 8 heteroatoms. The van der Waals surface area contributed by atoms with Crippen LogP contribution in [0.3, 0.4) is 0 Å². The van der Waals surface area contributed by atoms with Gasteiger partial charge in [0, 0.05) is 11.4 Å². The highest BCUT2D eigenvalue weighted by Crippen LogP contribution is 2.61. The molecule has 4 saturated carbocycles. The minimum Gasteiger partial charge on any atom is -0.455 e. The normalized spacial score (nSPS) is 29.7. The second-order valence-electron chi connectivity index (χ2n) is 9.81. The smallest absolute Gasteiger partial charge is 0.321 e. The van der Waals surface area contributed by atoms with E-state index in [2.05, 4.69) is 17.0 Å². The van der Waals surface area contributed by atoms with E-state index in [1.54, 1.807) is 24.3 Å². The zero-order valence-electron chi connectivity index (χ0n) is 18.5. The van der Waals surface area contributed by atoms with Crippen molar-refractivity contribution in [1.29, 1.82) is 0 Å². The molecule has 5 rings (SSSR count). The molecule has 0 heterocycles. The number of benzene rings is 1. The first-order chi connectivity index (χ1) is 15.2. The molecular formula is C24H32N2O5S. The van der Waals surface area contributed by atoms with Gasteiger partial charge >= 0.3 is 5.97 Å². The summed E-state index contributed by atoms with van der Waals surface area (Å²) in [6, 6.07) is 9.01. The lowest BCUT2D eigenvalue weighted by Crippen LogP contribution is -2.56. The van der Waals surface area contributed by atoms with Crippen molar-refractivity contribution in [3.63, 3.8) is 0 Å². The highest BCUT2D eigenvalue weighted by molar-refractivity contribution is 7.92. The monoisotopic (exact) mass is 460 g/mol. The summed E-state index contributed by atoms with van der Waals surface area (Å²) in [5, 5.41) is 4.03. The molecule has 1 amide bonds. The highest BCUT2D eigenvalue weighted by atomic mass is 32.2. The molecular weight excluding hydrogens is 428 g/mol. The van der Waals surface area contributed by atoms with Crippen LogP contribution in [0.5, 0.6) is 0 Å². The Morgan fingerprint density at radius 1 is 1.09 bits per heavy atom. The number of ether oxygens (including phenoxy) is 1. The molecule has 4 bridgehead atoms. The third-order valence-electron chi connectivity index (χ3n) is 7.40. The van der Waals surface area contributed by atoms with E-state index in [1.807, 2.05) is 6.07 Å². The second-order valence-corrected chi connectivity index (χ2v) is 11.5. The predicted octanol–water partition coefficient (Wildman–Crippen LogP) is 2.84. The van der Waals surface area contributed by atoms with E-state index in [1.165, 1.54) is 44.6 Å². The molecule has 0 saturated heterocycles. The molecule has 1 unspecified atom stereocenters. The van der Waals surface area contributed by atoms with Crippen molar-refractivity contribution in [1.82, 2.24) is 10.0 Å². The van der Waals surface area contributed by atoms with Crippen LogP contribution < -0.4 is 10.0 Å². The lowest BCUT2D eigenvalue weighted by molar-refractivity contribution is -0.148. The minimum absolute atomic E-state index is 0.0451. The van der Waals surface area contributed by atoms with Gasteiger partial charge in [-0.25, -0.2) is 13.1 Å². The van der Waals surface area contributed by atoms with Gasteiger partial charge in [-0.15, -0.1) is 0 Å². The Kier molecular flexibility index (Phi) is 6.72. The van der Waals surface area contributed by atoms with Gasteiger partial charge in [0.2, 0.25) is 10.0 Å². The summed E-state index contributed by atoms with van der Waals surface area (Å²) in [7, 11) is -3.79. The van der Waals surface area contributed by atoms with Gasteiger partial charge in [0.1, 0.15) is 6.54 Å². The molecule has 0 aliphatic heterocycles. The Balaban J connectivity index is 1.19. The van der Waals surface area contributed by atoms with Crippen molar-refractivity contribution in [2.24, 2.45) is 23.2 Å². The molecule has 1 aromatic rings. The maximum atomic E-state index is 12.4. The number of sulfonamides is 1. The first-order valence-corrected chi connectivity index (χ1v) is 13.0. The standard InChI is InChI=1S/C24H32N2O5S/c1-17(24-12-19-9-20(13-24)11-21(10-19)14-24)26-22(27)16-31-23(28)15-25-32(29,30)8-7-18-5-3-2-4-6-18/h2-8,17,19-21,25H,9-16H2,1H3,(H,26,27)/b8-7+. The maximum absolute atomic E-state index is 12.4. The van der Waals surface area contributed by atoms with Gasteiger partial charge in [0.15, 0.2) is 6.61 Å². The molecule has 174 valence electrons. The fourth-order valence-electron chi connectivity index (χ4n) is 6.28. The SMILES string of the molecule is CC(NC(=O)COC(=O)CNS(=O)(=O)/C=C/c1ccccc1)C12CC3CC(CC(C3)C1)C2. The van der Waals surface area contributed by atoms with Gasteiger partial charge in [-0.05, 0) is 80.3 Å². The topological polar surface area (TPSA) is 102 Å². The van der Waals surface area contributed by atoms with Crippen LogP contribution in [0.4, 0.5) is 0 Å². The van der Waals surface area contributed by atoms with Crippen molar-refractivity contribution in [3.05, 3.63) is 41.3 Å². The van der Waals surface area contributed by atoms with E-state index in [-0.39, 0.29) is 17.4 Å². The van der Waals surface area contributed by atoms with Crippen LogP contribution in [0.2, 0.25) is 0 Å². The second kappa shape index (κ2) is 9.35. The van der Waals surface area contributed by atoms with E-state index >= 15 is 0 Å². The Labute approximate surface area is 190 Å². The fraction of sp³-hybridized carbons (Fsp3) is 0.583. The highest BCUT2D eigenvalue weighted by Gasteiger charge is 2.53. The van der Waals surface area contributed by atoms with E-state index in [4.69, 9.17) is 4.74 Å². The quantitative estimate of drug-likeness (QED) is 0.552. The molecule has 7 nitrogen and oxygen atoms in total. The summed E-state index contributed by atoms with van der Waals surface area (Å²) in [5.74, 6) is 1.25. The zero-order chi connectivity index (χ0) is 22.8. The van der Waals surface area contributed by atoms with E-state index < -0.39 is 29.1 Å². The molecule has 1 aromatic carbocycles. The van der Waals surface area contributed by atoms with Gasteiger partial charge in [-0.3, -0.25) is 9.59 Å². The van der Waals surface area contributed by atoms with E-state index in [0.717, 1.165) is 28.7 Å². The summed E-state index contributed by atoms with van der Waals surface area (Å²) in [5.41, 5.74) is 0.903. The van der Waals surface area contributed by atoms with Crippen molar-refractivity contribution < 1.29 is 22.7 Å². The zero-order valence-corrected chi connectivity index (χ0v) is 19.3. The Morgan fingerprint density at radius 3 is 2.28 bits per heavy atom. The van der Waals surface area contributed by atoms with Crippen LogP contribution in [-0.4, -0.2) is 39.5 Å². The maximum Gasteiger partial charge on any atom is 0.321 e. The summed E-state index contributed by atoms with van der Waals surface area (Å²) in [6.45, 7) is 1.14. The van der Waals surface area contributed by atoms with E-state index in [0.29, 0.717) is 0 Å². The lowest BCUT2D eigenvalue weighted by atomic mass is 9.48. The number of esters is 1. The molecule has 0 spiro atoms. The van der Waals surface area contributed by atoms with Gasteiger partial charge in [0.25, 0.3) is 5.91 Å². The summed E-state index contributed by atoms with van der Waals surface area (Å²) < 4.78 is 31.2. The number of hydrogen-bond donors (Lipinski definition) is 2. The van der Waals surface area contributed by atoms with Crippen LogP contribution in [0, 0.1) is 23.2 Å². The molecule has 0 radical (unpaired) electrons. The number of hydrogen-bond acceptors (Lipinski definition) is 5. The predicted molar refractivity (Wildman–Crippen MR) is 122 cm³/mol.